The SMILES string of the molecule is COC[C@@H](C)n1c(CS(=O)(=O)[C@@H](C)[C@H](OC)c2ncc(Cl)cn2)nnc1-c1cccc(OC)n1. The lowest BCUT2D eigenvalue weighted by Crippen LogP contribution is -2.30. The Kier molecular flexibility index (Phi) is 8.52. The molecule has 0 bridgehead atoms. The Labute approximate surface area is 203 Å². The smallest absolute Gasteiger partial charge is 0.213 e. The third kappa shape index (κ3) is 5.69. The van der Waals surface area contributed by atoms with E-state index in [1.54, 1.807) is 36.8 Å². The van der Waals surface area contributed by atoms with E-state index in [9.17, 15) is 8.42 Å². The third-order valence-corrected chi connectivity index (χ3v) is 7.48. The van der Waals surface area contributed by atoms with Crippen LogP contribution in [-0.4, -0.2) is 71.3 Å². The number of sulfone groups is 1. The maximum Gasteiger partial charge on any atom is 0.213 e. The van der Waals surface area contributed by atoms with Gasteiger partial charge in [0, 0.05) is 32.7 Å². The lowest BCUT2D eigenvalue weighted by Gasteiger charge is -2.22. The monoisotopic (exact) mass is 510 g/mol. The van der Waals surface area contributed by atoms with Gasteiger partial charge < -0.3 is 18.8 Å². The van der Waals surface area contributed by atoms with Crippen molar-refractivity contribution < 1.29 is 22.6 Å². The molecule has 13 heteroatoms. The van der Waals surface area contributed by atoms with Gasteiger partial charge in [-0.15, -0.1) is 10.2 Å². The van der Waals surface area contributed by atoms with Crippen molar-refractivity contribution in [1.82, 2.24) is 29.7 Å². The van der Waals surface area contributed by atoms with Gasteiger partial charge in [-0.05, 0) is 19.9 Å². The molecule has 0 spiro atoms. The highest BCUT2D eigenvalue weighted by molar-refractivity contribution is 7.91. The van der Waals surface area contributed by atoms with Gasteiger partial charge >= 0.3 is 0 Å². The van der Waals surface area contributed by atoms with Crippen LogP contribution in [0.5, 0.6) is 5.88 Å². The number of hydrogen-bond donors (Lipinski definition) is 0. The molecule has 3 atom stereocenters. The van der Waals surface area contributed by atoms with Crippen LogP contribution >= 0.6 is 11.6 Å². The quantitative estimate of drug-likeness (QED) is 0.379. The van der Waals surface area contributed by atoms with Crippen molar-refractivity contribution in [3.8, 4) is 17.4 Å². The second-order valence-corrected chi connectivity index (χ2v) is 10.4. The molecule has 0 saturated heterocycles. The summed E-state index contributed by atoms with van der Waals surface area (Å²) in [4.78, 5) is 12.7. The van der Waals surface area contributed by atoms with Gasteiger partial charge in [0.15, 0.2) is 21.5 Å². The molecule has 3 heterocycles. The Morgan fingerprint density at radius 1 is 1.09 bits per heavy atom. The van der Waals surface area contributed by atoms with E-state index in [0.29, 0.717) is 29.0 Å². The molecule has 0 N–H and O–H groups in total. The lowest BCUT2D eigenvalue weighted by molar-refractivity contribution is 0.0948. The zero-order valence-corrected chi connectivity index (χ0v) is 21.1. The van der Waals surface area contributed by atoms with Crippen molar-refractivity contribution in [1.29, 1.82) is 0 Å². The fourth-order valence-corrected chi connectivity index (χ4v) is 5.03. The summed E-state index contributed by atoms with van der Waals surface area (Å²) in [5, 5.41) is 7.81. The van der Waals surface area contributed by atoms with Crippen LogP contribution < -0.4 is 4.74 Å². The first kappa shape index (κ1) is 25.9. The van der Waals surface area contributed by atoms with Crippen molar-refractivity contribution in [3.05, 3.63) is 47.3 Å². The molecule has 3 rings (SSSR count). The number of halogens is 1. The number of rotatable bonds is 11. The molecule has 0 unspecified atom stereocenters. The molecule has 0 aromatic carbocycles. The molecule has 0 fully saturated rings. The maximum absolute atomic E-state index is 13.4. The Morgan fingerprint density at radius 3 is 2.41 bits per heavy atom. The summed E-state index contributed by atoms with van der Waals surface area (Å²) < 4.78 is 44.5. The first-order chi connectivity index (χ1) is 16.2. The van der Waals surface area contributed by atoms with Crippen LogP contribution in [0.15, 0.2) is 30.6 Å². The average Bonchev–Trinajstić information content (AvgIpc) is 3.23. The number of nitrogens with zero attached hydrogens (tertiary/aromatic N) is 6. The minimum Gasteiger partial charge on any atom is -0.481 e. The summed E-state index contributed by atoms with van der Waals surface area (Å²) in [5.74, 6) is 0.902. The summed E-state index contributed by atoms with van der Waals surface area (Å²) in [6.45, 7) is 3.75. The highest BCUT2D eigenvalue weighted by Crippen LogP contribution is 2.28. The van der Waals surface area contributed by atoms with Crippen LogP contribution in [0.1, 0.15) is 37.6 Å². The Balaban J connectivity index is 1.98. The normalized spacial score (nSPS) is 14.5. The lowest BCUT2D eigenvalue weighted by atomic mass is 10.2. The van der Waals surface area contributed by atoms with Gasteiger partial charge in [-0.3, -0.25) is 0 Å². The number of ether oxygens (including phenoxy) is 3. The van der Waals surface area contributed by atoms with Crippen LogP contribution in [0.3, 0.4) is 0 Å². The third-order valence-electron chi connectivity index (χ3n) is 5.25. The average molecular weight is 511 g/mol. The second-order valence-electron chi connectivity index (χ2n) is 7.61. The molecule has 0 radical (unpaired) electrons. The van der Waals surface area contributed by atoms with Gasteiger partial charge in [0.25, 0.3) is 0 Å². The molecule has 34 heavy (non-hydrogen) atoms. The molecule has 0 amide bonds. The fraction of sp³-hybridized carbons (Fsp3) is 0.476. The zero-order valence-electron chi connectivity index (χ0n) is 19.5. The van der Waals surface area contributed by atoms with E-state index in [4.69, 9.17) is 25.8 Å². The predicted molar refractivity (Wildman–Crippen MR) is 125 cm³/mol. The predicted octanol–water partition coefficient (Wildman–Crippen LogP) is 2.69. The second kappa shape index (κ2) is 11.2. The molecule has 0 saturated carbocycles. The molecule has 0 aliphatic heterocycles. The van der Waals surface area contributed by atoms with Crippen LogP contribution in [0, 0.1) is 0 Å². The fourth-order valence-electron chi connectivity index (χ4n) is 3.50. The molecule has 0 aliphatic carbocycles. The van der Waals surface area contributed by atoms with E-state index in [0.717, 1.165) is 0 Å². The molecular formula is C21H27ClN6O5S. The topological polar surface area (TPSA) is 131 Å². The van der Waals surface area contributed by atoms with E-state index in [1.165, 1.54) is 26.6 Å². The number of aromatic nitrogens is 6. The summed E-state index contributed by atoms with van der Waals surface area (Å²) in [7, 11) is 0.706. The van der Waals surface area contributed by atoms with E-state index < -0.39 is 21.2 Å². The summed E-state index contributed by atoms with van der Waals surface area (Å²) in [5.41, 5.74) is 0.496. The van der Waals surface area contributed by atoms with E-state index in [2.05, 4.69) is 25.1 Å². The minimum absolute atomic E-state index is 0.221. The Hall–Kier alpha value is -2.67. The van der Waals surface area contributed by atoms with Gasteiger partial charge in [0.1, 0.15) is 23.4 Å². The van der Waals surface area contributed by atoms with Crippen LogP contribution in [-0.2, 0) is 25.1 Å². The van der Waals surface area contributed by atoms with Crippen molar-refractivity contribution in [3.63, 3.8) is 0 Å². The summed E-state index contributed by atoms with van der Waals surface area (Å²) >= 11 is 5.86. The number of methoxy groups -OCH3 is 3. The van der Waals surface area contributed by atoms with Gasteiger partial charge in [-0.1, -0.05) is 17.7 Å². The Morgan fingerprint density at radius 2 is 1.79 bits per heavy atom. The summed E-state index contributed by atoms with van der Waals surface area (Å²) in [6, 6.07) is 4.97. The van der Waals surface area contributed by atoms with Gasteiger partial charge in [-0.2, -0.15) is 0 Å². The van der Waals surface area contributed by atoms with Crippen molar-refractivity contribution in [2.45, 2.75) is 37.0 Å². The van der Waals surface area contributed by atoms with Crippen LogP contribution in [0.2, 0.25) is 5.02 Å². The largest absolute Gasteiger partial charge is 0.481 e. The molecule has 0 aliphatic rings. The highest BCUT2D eigenvalue weighted by Gasteiger charge is 2.35. The van der Waals surface area contributed by atoms with Crippen LogP contribution in [0.25, 0.3) is 11.5 Å². The van der Waals surface area contributed by atoms with E-state index >= 15 is 0 Å². The van der Waals surface area contributed by atoms with E-state index in [-0.39, 0.29) is 23.4 Å². The maximum atomic E-state index is 13.4. The van der Waals surface area contributed by atoms with Gasteiger partial charge in [0.05, 0.1) is 30.0 Å². The number of pyridine rings is 1. The first-order valence-corrected chi connectivity index (χ1v) is 12.5. The highest BCUT2D eigenvalue weighted by atomic mass is 35.5. The molecule has 3 aromatic rings. The zero-order chi connectivity index (χ0) is 24.9. The first-order valence-electron chi connectivity index (χ1n) is 10.4. The number of hydrogen-bond acceptors (Lipinski definition) is 10. The van der Waals surface area contributed by atoms with Gasteiger partial charge in [0.2, 0.25) is 5.88 Å². The van der Waals surface area contributed by atoms with Crippen LogP contribution in [0.4, 0.5) is 0 Å². The Bertz CT molecular complexity index is 1200. The van der Waals surface area contributed by atoms with Crippen molar-refractivity contribution >= 4 is 21.4 Å². The van der Waals surface area contributed by atoms with Crippen molar-refractivity contribution in [2.24, 2.45) is 0 Å². The molecule has 11 nitrogen and oxygen atoms in total. The van der Waals surface area contributed by atoms with Crippen molar-refractivity contribution in [2.75, 3.05) is 27.9 Å². The molecular weight excluding hydrogens is 484 g/mol. The minimum atomic E-state index is -3.78. The molecule has 3 aromatic heterocycles. The van der Waals surface area contributed by atoms with Gasteiger partial charge in [-0.25, -0.2) is 23.4 Å². The summed E-state index contributed by atoms with van der Waals surface area (Å²) in [6.07, 6.45) is 1.90. The van der Waals surface area contributed by atoms with E-state index in [1.807, 2.05) is 6.92 Å². The standard InChI is InChI=1S/C21H27ClN6O5S/c1-13(11-31-3)28-17(26-27-21(28)16-7-6-8-18(25-16)32-4)12-34(29,30)14(2)19(33-5)20-23-9-15(22)10-24-20/h6-10,13-14,19H,11-12H2,1-5H3/t13-,14+,19+/m1/s1. The molecule has 184 valence electrons.